The van der Waals surface area contributed by atoms with Gasteiger partial charge >= 0.3 is 0 Å². The fraction of sp³-hybridized carbons (Fsp3) is 0.571. The van der Waals surface area contributed by atoms with E-state index in [2.05, 4.69) is 50.4 Å². The van der Waals surface area contributed by atoms with Gasteiger partial charge in [-0.25, -0.2) is 0 Å². The lowest BCUT2D eigenvalue weighted by Crippen LogP contribution is -2.26. The Kier molecular flexibility index (Phi) is 6.58. The Balaban J connectivity index is 2.23. The van der Waals surface area contributed by atoms with Crippen LogP contribution in [0.1, 0.15) is 31.4 Å². The fourth-order valence-electron chi connectivity index (χ4n) is 1.62. The van der Waals surface area contributed by atoms with Gasteiger partial charge in [0.1, 0.15) is 0 Å². The van der Waals surface area contributed by atoms with E-state index < -0.39 is 0 Å². The number of aryl methyl sites for hydroxylation is 1. The summed E-state index contributed by atoms with van der Waals surface area (Å²) in [5.74, 6) is 2.49. The van der Waals surface area contributed by atoms with E-state index in [0.29, 0.717) is 6.04 Å². The first-order valence-corrected chi connectivity index (χ1v) is 7.24. The van der Waals surface area contributed by atoms with Crippen LogP contribution in [0.5, 0.6) is 0 Å². The van der Waals surface area contributed by atoms with Crippen LogP contribution in [0.3, 0.4) is 0 Å². The summed E-state index contributed by atoms with van der Waals surface area (Å²) in [5.41, 5.74) is 2.73. The summed E-state index contributed by atoms with van der Waals surface area (Å²) >= 11 is 2.02. The van der Waals surface area contributed by atoms with Crippen molar-refractivity contribution in [3.63, 3.8) is 0 Å². The van der Waals surface area contributed by atoms with Gasteiger partial charge in [0, 0.05) is 12.6 Å². The molecule has 0 saturated heterocycles. The van der Waals surface area contributed by atoms with E-state index in [9.17, 15) is 0 Å². The fourth-order valence-corrected chi connectivity index (χ4v) is 2.43. The first kappa shape index (κ1) is 13.6. The molecule has 0 saturated carbocycles. The van der Waals surface area contributed by atoms with Crippen LogP contribution in [0.25, 0.3) is 0 Å². The van der Waals surface area contributed by atoms with Crippen molar-refractivity contribution in [3.05, 3.63) is 35.4 Å². The van der Waals surface area contributed by atoms with Crippen molar-refractivity contribution in [2.45, 2.75) is 39.8 Å². The molecular formula is C14H23NS. The molecule has 1 atom stereocenters. The number of benzene rings is 1. The predicted molar refractivity (Wildman–Crippen MR) is 75.1 cm³/mol. The molecule has 1 N–H and O–H groups in total. The maximum absolute atomic E-state index is 3.57. The zero-order valence-corrected chi connectivity index (χ0v) is 11.4. The second-order valence-electron chi connectivity index (χ2n) is 4.26. The molecule has 90 valence electrons. The third kappa shape index (κ3) is 5.57. The van der Waals surface area contributed by atoms with Gasteiger partial charge in [0.2, 0.25) is 0 Å². The number of hydrogen-bond donors (Lipinski definition) is 1. The van der Waals surface area contributed by atoms with Crippen molar-refractivity contribution >= 4 is 11.8 Å². The Morgan fingerprint density at radius 3 is 2.88 bits per heavy atom. The average Bonchev–Trinajstić information content (AvgIpc) is 2.27. The van der Waals surface area contributed by atoms with E-state index in [4.69, 9.17) is 0 Å². The van der Waals surface area contributed by atoms with E-state index in [1.165, 1.54) is 29.1 Å². The van der Waals surface area contributed by atoms with E-state index in [0.717, 1.165) is 6.54 Å². The first-order chi connectivity index (χ1) is 7.72. The van der Waals surface area contributed by atoms with Crippen LogP contribution in [0.15, 0.2) is 24.3 Å². The summed E-state index contributed by atoms with van der Waals surface area (Å²) in [7, 11) is 0. The largest absolute Gasteiger partial charge is 0.310 e. The van der Waals surface area contributed by atoms with Crippen LogP contribution in [-0.2, 0) is 6.54 Å². The smallest absolute Gasteiger partial charge is 0.0208 e. The Bertz CT molecular complexity index is 299. The molecule has 1 aromatic rings. The molecule has 0 aliphatic carbocycles. The molecule has 2 heteroatoms. The molecule has 0 aliphatic rings. The van der Waals surface area contributed by atoms with Crippen molar-refractivity contribution in [2.75, 3.05) is 11.5 Å². The summed E-state index contributed by atoms with van der Waals surface area (Å²) in [6.45, 7) is 7.62. The summed E-state index contributed by atoms with van der Waals surface area (Å²) in [6, 6.07) is 9.32. The Hall–Kier alpha value is -0.470. The van der Waals surface area contributed by atoms with Gasteiger partial charge in [-0.15, -0.1) is 0 Å². The molecule has 1 aromatic carbocycles. The number of thioether (sulfide) groups is 1. The minimum absolute atomic E-state index is 0.611. The lowest BCUT2D eigenvalue weighted by atomic mass is 10.1. The summed E-state index contributed by atoms with van der Waals surface area (Å²) in [5, 5.41) is 3.57. The van der Waals surface area contributed by atoms with Crippen LogP contribution in [-0.4, -0.2) is 17.5 Å². The highest BCUT2D eigenvalue weighted by molar-refractivity contribution is 7.99. The van der Waals surface area contributed by atoms with Gasteiger partial charge in [0.05, 0.1) is 0 Å². The Labute approximate surface area is 104 Å². The van der Waals surface area contributed by atoms with Crippen molar-refractivity contribution in [1.29, 1.82) is 0 Å². The maximum Gasteiger partial charge on any atom is 0.0208 e. The molecule has 0 radical (unpaired) electrons. The lowest BCUT2D eigenvalue weighted by Gasteiger charge is -2.13. The molecule has 0 aromatic heterocycles. The van der Waals surface area contributed by atoms with Gasteiger partial charge in [-0.1, -0.05) is 36.8 Å². The van der Waals surface area contributed by atoms with Gasteiger partial charge < -0.3 is 5.32 Å². The first-order valence-electron chi connectivity index (χ1n) is 6.09. The zero-order chi connectivity index (χ0) is 11.8. The quantitative estimate of drug-likeness (QED) is 0.727. The van der Waals surface area contributed by atoms with Crippen molar-refractivity contribution in [3.8, 4) is 0 Å². The van der Waals surface area contributed by atoms with Crippen LogP contribution in [0.4, 0.5) is 0 Å². The number of rotatable bonds is 7. The van der Waals surface area contributed by atoms with Crippen LogP contribution < -0.4 is 5.32 Å². The monoisotopic (exact) mass is 237 g/mol. The molecule has 1 rings (SSSR count). The highest BCUT2D eigenvalue weighted by Gasteiger charge is 2.01. The van der Waals surface area contributed by atoms with Gasteiger partial charge in [-0.05, 0) is 37.3 Å². The van der Waals surface area contributed by atoms with Gasteiger partial charge in [-0.3, -0.25) is 0 Å². The zero-order valence-electron chi connectivity index (χ0n) is 10.6. The molecule has 16 heavy (non-hydrogen) atoms. The van der Waals surface area contributed by atoms with E-state index in [-0.39, 0.29) is 0 Å². The molecular weight excluding hydrogens is 214 g/mol. The molecule has 0 heterocycles. The van der Waals surface area contributed by atoms with Gasteiger partial charge in [0.25, 0.3) is 0 Å². The van der Waals surface area contributed by atoms with E-state index in [1.54, 1.807) is 0 Å². The van der Waals surface area contributed by atoms with E-state index in [1.807, 2.05) is 11.8 Å². The minimum atomic E-state index is 0.611. The highest BCUT2D eigenvalue weighted by Crippen LogP contribution is 2.06. The predicted octanol–water partition coefficient (Wildman–Crippen LogP) is 3.62. The van der Waals surface area contributed by atoms with Crippen LogP contribution in [0, 0.1) is 6.92 Å². The molecule has 0 amide bonds. The molecule has 0 bridgehead atoms. The van der Waals surface area contributed by atoms with Crippen molar-refractivity contribution in [1.82, 2.24) is 5.32 Å². The lowest BCUT2D eigenvalue weighted by molar-refractivity contribution is 0.537. The molecule has 0 aliphatic heterocycles. The number of hydrogen-bond acceptors (Lipinski definition) is 2. The molecule has 1 unspecified atom stereocenters. The Morgan fingerprint density at radius 1 is 1.38 bits per heavy atom. The average molecular weight is 237 g/mol. The number of nitrogens with one attached hydrogen (secondary N) is 1. The molecule has 0 spiro atoms. The summed E-state index contributed by atoms with van der Waals surface area (Å²) < 4.78 is 0. The van der Waals surface area contributed by atoms with Crippen LogP contribution in [0.2, 0.25) is 0 Å². The SMILES string of the molecule is CCSCCC(C)NCc1cccc(C)c1. The molecule has 0 fully saturated rings. The second-order valence-corrected chi connectivity index (χ2v) is 5.65. The van der Waals surface area contributed by atoms with Crippen LogP contribution >= 0.6 is 11.8 Å². The molecule has 1 nitrogen and oxygen atoms in total. The second kappa shape index (κ2) is 7.75. The highest BCUT2D eigenvalue weighted by atomic mass is 32.2. The standard InChI is InChI=1S/C14H23NS/c1-4-16-9-8-13(3)15-11-14-7-5-6-12(2)10-14/h5-7,10,13,15H,4,8-9,11H2,1-3H3. The van der Waals surface area contributed by atoms with Crippen molar-refractivity contribution < 1.29 is 0 Å². The normalized spacial score (nSPS) is 12.7. The third-order valence-electron chi connectivity index (χ3n) is 2.64. The van der Waals surface area contributed by atoms with Gasteiger partial charge in [0.15, 0.2) is 0 Å². The Morgan fingerprint density at radius 2 is 2.19 bits per heavy atom. The summed E-state index contributed by atoms with van der Waals surface area (Å²) in [6.07, 6.45) is 1.25. The van der Waals surface area contributed by atoms with Gasteiger partial charge in [-0.2, -0.15) is 11.8 Å². The summed E-state index contributed by atoms with van der Waals surface area (Å²) in [4.78, 5) is 0. The topological polar surface area (TPSA) is 12.0 Å². The van der Waals surface area contributed by atoms with Crippen molar-refractivity contribution in [2.24, 2.45) is 0 Å². The maximum atomic E-state index is 3.57. The minimum Gasteiger partial charge on any atom is -0.310 e. The third-order valence-corrected chi connectivity index (χ3v) is 3.57. The van der Waals surface area contributed by atoms with E-state index >= 15 is 0 Å².